The Morgan fingerprint density at radius 3 is 2.00 bits per heavy atom. The number of hydrogen-bond acceptors (Lipinski definition) is 3. The fourth-order valence-electron chi connectivity index (χ4n) is 3.12. The minimum atomic E-state index is -3.11. The predicted molar refractivity (Wildman–Crippen MR) is 85.4 cm³/mol. The summed E-state index contributed by atoms with van der Waals surface area (Å²) < 4.78 is 24.4. The Hall–Kier alpha value is -0.620. The molecule has 5 nitrogen and oxygen atoms in total. The number of nitrogens with zero attached hydrogens (tertiary/aromatic N) is 1. The van der Waals surface area contributed by atoms with Crippen molar-refractivity contribution in [1.82, 2.24) is 9.62 Å². The summed E-state index contributed by atoms with van der Waals surface area (Å²) in [6.45, 7) is 11.3. The van der Waals surface area contributed by atoms with Crippen LogP contribution >= 0.6 is 0 Å². The number of piperidine rings is 1. The van der Waals surface area contributed by atoms with Crippen LogP contribution in [0.3, 0.4) is 0 Å². The van der Waals surface area contributed by atoms with E-state index in [2.05, 4.69) is 26.1 Å². The fourth-order valence-corrected chi connectivity index (χ4v) is 3.99. The molecule has 0 aromatic rings. The van der Waals surface area contributed by atoms with Gasteiger partial charge in [0.25, 0.3) is 0 Å². The molecule has 1 saturated heterocycles. The Bertz CT molecular complexity index is 470. The van der Waals surface area contributed by atoms with E-state index in [0.29, 0.717) is 25.9 Å². The summed E-state index contributed by atoms with van der Waals surface area (Å²) in [4.78, 5) is 12.4. The first-order valence-corrected chi connectivity index (χ1v) is 9.42. The van der Waals surface area contributed by atoms with Crippen LogP contribution in [0, 0.1) is 10.8 Å². The zero-order chi connectivity index (χ0) is 16.5. The van der Waals surface area contributed by atoms with Crippen LogP contribution in [0.15, 0.2) is 0 Å². The lowest BCUT2D eigenvalue weighted by Crippen LogP contribution is -2.49. The minimum Gasteiger partial charge on any atom is -0.353 e. The highest BCUT2D eigenvalue weighted by Crippen LogP contribution is 2.33. The summed E-state index contributed by atoms with van der Waals surface area (Å²) in [6.07, 6.45) is 3.42. The van der Waals surface area contributed by atoms with Crippen molar-refractivity contribution >= 4 is 15.9 Å². The highest BCUT2D eigenvalue weighted by molar-refractivity contribution is 7.88. The summed E-state index contributed by atoms with van der Waals surface area (Å²) in [6, 6.07) is 0.0785. The van der Waals surface area contributed by atoms with Crippen LogP contribution in [0.2, 0.25) is 0 Å². The lowest BCUT2D eigenvalue weighted by atomic mass is 9.75. The number of hydrogen-bond donors (Lipinski definition) is 1. The first-order chi connectivity index (χ1) is 9.31. The molecular weight excluding hydrogens is 288 g/mol. The molecule has 0 spiro atoms. The van der Waals surface area contributed by atoms with Gasteiger partial charge in [-0.3, -0.25) is 4.79 Å². The van der Waals surface area contributed by atoms with Crippen LogP contribution in [0.4, 0.5) is 0 Å². The molecular formula is C15H30N2O3S. The SMILES string of the molecule is CC(C)(C)CC(C)(C)C(=O)NC1CCN(S(C)(=O)=O)CC1. The highest BCUT2D eigenvalue weighted by Gasteiger charge is 2.34. The molecule has 1 rings (SSSR count). The maximum atomic E-state index is 12.4. The molecule has 124 valence electrons. The summed E-state index contributed by atoms with van der Waals surface area (Å²) in [5.74, 6) is 0.0650. The second-order valence-corrected chi connectivity index (χ2v) is 10.0. The van der Waals surface area contributed by atoms with Crippen molar-refractivity contribution in [3.8, 4) is 0 Å². The standard InChI is InChI=1S/C15H30N2O3S/c1-14(2,3)11-15(4,5)13(18)16-12-7-9-17(10-8-12)21(6,19)20/h12H,7-11H2,1-6H3,(H,16,18). The van der Waals surface area contributed by atoms with Crippen molar-refractivity contribution in [3.05, 3.63) is 0 Å². The van der Waals surface area contributed by atoms with Crippen molar-refractivity contribution in [3.63, 3.8) is 0 Å². The molecule has 0 bridgehead atoms. The zero-order valence-corrected chi connectivity index (χ0v) is 15.0. The number of carbonyl (C=O) groups excluding carboxylic acids is 1. The first-order valence-electron chi connectivity index (χ1n) is 7.57. The van der Waals surface area contributed by atoms with Gasteiger partial charge in [0.1, 0.15) is 0 Å². The van der Waals surface area contributed by atoms with E-state index in [1.807, 2.05) is 13.8 Å². The van der Waals surface area contributed by atoms with Gasteiger partial charge in [0.05, 0.1) is 6.26 Å². The molecule has 1 heterocycles. The molecule has 0 aromatic carbocycles. The molecule has 0 aromatic heterocycles. The lowest BCUT2D eigenvalue weighted by molar-refractivity contribution is -0.131. The summed E-state index contributed by atoms with van der Waals surface area (Å²) in [5.41, 5.74) is -0.313. The molecule has 0 saturated carbocycles. The summed E-state index contributed by atoms with van der Waals surface area (Å²) in [5, 5.41) is 3.09. The first kappa shape index (κ1) is 18.4. The van der Waals surface area contributed by atoms with Gasteiger partial charge >= 0.3 is 0 Å². The van der Waals surface area contributed by atoms with E-state index < -0.39 is 15.4 Å². The van der Waals surface area contributed by atoms with Crippen molar-refractivity contribution < 1.29 is 13.2 Å². The zero-order valence-electron chi connectivity index (χ0n) is 14.2. The van der Waals surface area contributed by atoms with E-state index in [4.69, 9.17) is 0 Å². The number of amides is 1. The smallest absolute Gasteiger partial charge is 0.225 e. The van der Waals surface area contributed by atoms with Crippen LogP contribution in [0.1, 0.15) is 53.9 Å². The van der Waals surface area contributed by atoms with E-state index in [0.717, 1.165) is 6.42 Å². The van der Waals surface area contributed by atoms with Crippen LogP contribution in [-0.2, 0) is 14.8 Å². The molecule has 0 atom stereocenters. The van der Waals surface area contributed by atoms with Gasteiger partial charge in [0, 0.05) is 24.5 Å². The maximum Gasteiger partial charge on any atom is 0.225 e. The van der Waals surface area contributed by atoms with Crippen LogP contribution in [0.5, 0.6) is 0 Å². The van der Waals surface area contributed by atoms with Crippen molar-refractivity contribution in [1.29, 1.82) is 0 Å². The van der Waals surface area contributed by atoms with E-state index in [9.17, 15) is 13.2 Å². The highest BCUT2D eigenvalue weighted by atomic mass is 32.2. The van der Waals surface area contributed by atoms with Gasteiger partial charge in [-0.25, -0.2) is 12.7 Å². The van der Waals surface area contributed by atoms with Crippen molar-refractivity contribution in [2.45, 2.75) is 59.9 Å². The average molecular weight is 318 g/mol. The van der Waals surface area contributed by atoms with Crippen LogP contribution in [0.25, 0.3) is 0 Å². The fraction of sp³-hybridized carbons (Fsp3) is 0.933. The third-order valence-electron chi connectivity index (χ3n) is 3.85. The molecule has 0 unspecified atom stereocenters. The van der Waals surface area contributed by atoms with Crippen LogP contribution < -0.4 is 5.32 Å². The predicted octanol–water partition coefficient (Wildman–Crippen LogP) is 1.99. The maximum absolute atomic E-state index is 12.4. The van der Waals surface area contributed by atoms with Crippen LogP contribution in [-0.4, -0.2) is 44.0 Å². The molecule has 1 fully saturated rings. The quantitative estimate of drug-likeness (QED) is 0.862. The Morgan fingerprint density at radius 1 is 1.14 bits per heavy atom. The second-order valence-electron chi connectivity index (χ2n) is 8.03. The van der Waals surface area contributed by atoms with Gasteiger partial charge in [-0.1, -0.05) is 34.6 Å². The molecule has 1 aliphatic rings. The summed E-state index contributed by atoms with van der Waals surface area (Å²) in [7, 11) is -3.11. The van der Waals surface area contributed by atoms with Gasteiger partial charge in [-0.15, -0.1) is 0 Å². The Kier molecular flexibility index (Phi) is 5.48. The number of rotatable bonds is 4. The van der Waals surface area contributed by atoms with E-state index in [1.165, 1.54) is 10.6 Å². The largest absolute Gasteiger partial charge is 0.353 e. The van der Waals surface area contributed by atoms with Crippen molar-refractivity contribution in [2.75, 3.05) is 19.3 Å². The molecule has 6 heteroatoms. The topological polar surface area (TPSA) is 66.5 Å². The van der Waals surface area contributed by atoms with Crippen molar-refractivity contribution in [2.24, 2.45) is 10.8 Å². The Labute approximate surface area is 129 Å². The third kappa shape index (κ3) is 5.94. The van der Waals surface area contributed by atoms with Gasteiger partial charge < -0.3 is 5.32 Å². The molecule has 1 aliphatic heterocycles. The molecule has 1 amide bonds. The molecule has 21 heavy (non-hydrogen) atoms. The van der Waals surface area contributed by atoms with Gasteiger partial charge in [-0.2, -0.15) is 0 Å². The number of nitrogens with one attached hydrogen (secondary N) is 1. The Morgan fingerprint density at radius 2 is 1.62 bits per heavy atom. The Balaban J connectivity index is 2.54. The monoisotopic (exact) mass is 318 g/mol. The van der Waals surface area contributed by atoms with Gasteiger partial charge in [-0.05, 0) is 24.7 Å². The normalized spacial score (nSPS) is 19.5. The minimum absolute atomic E-state index is 0.0650. The third-order valence-corrected chi connectivity index (χ3v) is 5.15. The molecule has 0 aliphatic carbocycles. The van der Waals surface area contributed by atoms with Gasteiger partial charge in [0.15, 0.2) is 0 Å². The van der Waals surface area contributed by atoms with E-state index in [-0.39, 0.29) is 17.4 Å². The molecule has 0 radical (unpaired) electrons. The second kappa shape index (κ2) is 6.24. The average Bonchev–Trinajstić information content (AvgIpc) is 2.25. The van der Waals surface area contributed by atoms with E-state index in [1.54, 1.807) is 0 Å². The number of sulfonamides is 1. The van der Waals surface area contributed by atoms with E-state index >= 15 is 0 Å². The lowest BCUT2D eigenvalue weighted by Gasteiger charge is -2.35. The summed E-state index contributed by atoms with van der Waals surface area (Å²) >= 11 is 0. The molecule has 1 N–H and O–H groups in total. The van der Waals surface area contributed by atoms with Gasteiger partial charge in [0.2, 0.25) is 15.9 Å². The number of carbonyl (C=O) groups is 1.